The second-order valence-corrected chi connectivity index (χ2v) is 10.7. The monoisotopic (exact) mass is 479 g/mol. The highest BCUT2D eigenvalue weighted by Crippen LogP contribution is 2.36. The average Bonchev–Trinajstić information content (AvgIpc) is 3.04. The number of amides is 4. The van der Waals surface area contributed by atoms with Gasteiger partial charge in [0.2, 0.25) is 0 Å². The maximum Gasteiger partial charge on any atom is 0.276 e. The molecule has 1 atom stereocenters. The van der Waals surface area contributed by atoms with Crippen molar-refractivity contribution >= 4 is 23.6 Å². The molecule has 0 bridgehead atoms. The number of rotatable bonds is 7. The Kier molecular flexibility index (Phi) is 7.33. The van der Waals surface area contributed by atoms with Crippen LogP contribution < -0.4 is 15.6 Å². The first-order chi connectivity index (χ1) is 16.3. The molecule has 3 rings (SSSR count). The molecule has 8 nitrogen and oxygen atoms in total. The lowest BCUT2D eigenvalue weighted by Gasteiger charge is -2.33. The van der Waals surface area contributed by atoms with Crippen molar-refractivity contribution in [2.45, 2.75) is 59.4 Å². The van der Waals surface area contributed by atoms with Gasteiger partial charge < -0.3 is 4.74 Å². The van der Waals surface area contributed by atoms with Crippen LogP contribution in [0.1, 0.15) is 74.2 Å². The van der Waals surface area contributed by atoms with E-state index < -0.39 is 29.7 Å². The lowest BCUT2D eigenvalue weighted by Crippen LogP contribution is -2.53. The van der Waals surface area contributed by atoms with Gasteiger partial charge in [-0.1, -0.05) is 58.9 Å². The first-order valence-corrected chi connectivity index (χ1v) is 11.6. The molecular weight excluding hydrogens is 446 g/mol. The number of ether oxygens (including phenoxy) is 1. The van der Waals surface area contributed by atoms with Crippen molar-refractivity contribution in [3.05, 3.63) is 65.2 Å². The minimum Gasteiger partial charge on any atom is -0.484 e. The van der Waals surface area contributed by atoms with E-state index >= 15 is 0 Å². The SMILES string of the molecule is CC(C(=O)NNC(=O)COc1ccc(C(C)(C)CC(C)(C)C)cc1)N1C(=O)c2ccccc2C1=O. The second-order valence-electron chi connectivity index (χ2n) is 10.7. The molecule has 0 spiro atoms. The number of carbonyl (C=O) groups excluding carboxylic acids is 4. The van der Waals surface area contributed by atoms with Crippen molar-refractivity contribution in [3.8, 4) is 5.75 Å². The molecule has 0 aliphatic carbocycles. The number of hydrogen-bond acceptors (Lipinski definition) is 5. The van der Waals surface area contributed by atoms with Crippen LogP contribution in [0.5, 0.6) is 5.75 Å². The molecule has 0 radical (unpaired) electrons. The maximum atomic E-state index is 12.5. The number of benzene rings is 2. The molecule has 2 aromatic rings. The van der Waals surface area contributed by atoms with Crippen molar-refractivity contribution < 1.29 is 23.9 Å². The number of imide groups is 1. The van der Waals surface area contributed by atoms with Crippen LogP contribution in [-0.2, 0) is 15.0 Å². The van der Waals surface area contributed by atoms with Crippen molar-refractivity contribution in [2.24, 2.45) is 5.41 Å². The van der Waals surface area contributed by atoms with Crippen molar-refractivity contribution in [2.75, 3.05) is 6.61 Å². The Morgan fingerprint density at radius 1 is 0.886 bits per heavy atom. The Balaban J connectivity index is 1.49. The van der Waals surface area contributed by atoms with E-state index in [1.54, 1.807) is 12.1 Å². The second kappa shape index (κ2) is 9.90. The molecule has 0 fully saturated rings. The van der Waals surface area contributed by atoms with Gasteiger partial charge in [0.1, 0.15) is 11.8 Å². The van der Waals surface area contributed by atoms with Gasteiger partial charge in [-0.05, 0) is 54.0 Å². The maximum absolute atomic E-state index is 12.5. The predicted octanol–water partition coefficient (Wildman–Crippen LogP) is 3.61. The average molecular weight is 480 g/mol. The van der Waals surface area contributed by atoms with Crippen LogP contribution in [0, 0.1) is 5.41 Å². The van der Waals surface area contributed by atoms with E-state index in [4.69, 9.17) is 4.74 Å². The van der Waals surface area contributed by atoms with Gasteiger partial charge >= 0.3 is 0 Å². The zero-order valence-electron chi connectivity index (χ0n) is 21.1. The molecule has 8 heteroatoms. The quantitative estimate of drug-likeness (QED) is 0.466. The van der Waals surface area contributed by atoms with Gasteiger partial charge in [0.25, 0.3) is 23.6 Å². The molecule has 2 aromatic carbocycles. The van der Waals surface area contributed by atoms with Crippen LogP contribution in [0.15, 0.2) is 48.5 Å². The Morgan fingerprint density at radius 2 is 1.43 bits per heavy atom. The standard InChI is InChI=1S/C27H33N3O5/c1-17(30-24(33)20-9-7-8-10-21(20)25(30)34)23(32)29-28-22(31)15-35-19-13-11-18(12-14-19)27(5,6)16-26(2,3)4/h7-14,17H,15-16H2,1-6H3,(H,28,31)(H,29,32). The Labute approximate surface area is 206 Å². The largest absolute Gasteiger partial charge is 0.484 e. The first-order valence-electron chi connectivity index (χ1n) is 11.6. The molecule has 4 amide bonds. The lowest BCUT2D eigenvalue weighted by atomic mass is 9.72. The minimum absolute atomic E-state index is 0.00535. The summed E-state index contributed by atoms with van der Waals surface area (Å²) in [5.74, 6) is -1.83. The molecule has 0 saturated heterocycles. The van der Waals surface area contributed by atoms with E-state index in [0.29, 0.717) is 5.75 Å². The lowest BCUT2D eigenvalue weighted by molar-refractivity contribution is -0.131. The zero-order valence-corrected chi connectivity index (χ0v) is 21.1. The van der Waals surface area contributed by atoms with Crippen LogP contribution in [0.2, 0.25) is 0 Å². The van der Waals surface area contributed by atoms with E-state index in [0.717, 1.165) is 11.3 Å². The summed E-state index contributed by atoms with van der Waals surface area (Å²) in [6.45, 7) is 12.1. The van der Waals surface area contributed by atoms with Crippen molar-refractivity contribution in [1.29, 1.82) is 0 Å². The number of hydrogen-bond donors (Lipinski definition) is 2. The highest BCUT2D eigenvalue weighted by atomic mass is 16.5. The fourth-order valence-corrected chi connectivity index (χ4v) is 4.53. The predicted molar refractivity (Wildman–Crippen MR) is 132 cm³/mol. The fourth-order valence-electron chi connectivity index (χ4n) is 4.53. The smallest absolute Gasteiger partial charge is 0.276 e. The molecule has 0 saturated carbocycles. The van der Waals surface area contributed by atoms with Gasteiger partial charge in [0.15, 0.2) is 6.61 Å². The van der Waals surface area contributed by atoms with Crippen molar-refractivity contribution in [1.82, 2.24) is 15.8 Å². The van der Waals surface area contributed by atoms with Gasteiger partial charge in [0, 0.05) is 0 Å². The van der Waals surface area contributed by atoms with Crippen molar-refractivity contribution in [3.63, 3.8) is 0 Å². The third-order valence-electron chi connectivity index (χ3n) is 5.90. The highest BCUT2D eigenvalue weighted by Gasteiger charge is 2.40. The number of fused-ring (bicyclic) bond motifs is 1. The summed E-state index contributed by atoms with van der Waals surface area (Å²) in [4.78, 5) is 50.5. The fraction of sp³-hybridized carbons (Fsp3) is 0.407. The Morgan fingerprint density at radius 3 is 1.94 bits per heavy atom. The third kappa shape index (κ3) is 6.07. The van der Waals surface area contributed by atoms with E-state index in [-0.39, 0.29) is 28.6 Å². The van der Waals surface area contributed by atoms with Gasteiger partial charge in [-0.3, -0.25) is 34.9 Å². The minimum atomic E-state index is -1.10. The first kappa shape index (κ1) is 25.9. The van der Waals surface area contributed by atoms with Crippen LogP contribution in [-0.4, -0.2) is 41.2 Å². The molecule has 186 valence electrons. The van der Waals surface area contributed by atoms with Gasteiger partial charge in [-0.25, -0.2) is 0 Å². The third-order valence-corrected chi connectivity index (χ3v) is 5.90. The molecule has 0 aromatic heterocycles. The Hall–Kier alpha value is -3.68. The van der Waals surface area contributed by atoms with E-state index in [2.05, 4.69) is 45.5 Å². The molecule has 2 N–H and O–H groups in total. The molecule has 1 aliphatic heterocycles. The summed E-state index contributed by atoms with van der Waals surface area (Å²) in [7, 11) is 0. The summed E-state index contributed by atoms with van der Waals surface area (Å²) < 4.78 is 5.52. The van der Waals surface area contributed by atoms with Crippen LogP contribution >= 0.6 is 0 Å². The molecular formula is C27H33N3O5. The topological polar surface area (TPSA) is 105 Å². The summed E-state index contributed by atoms with van der Waals surface area (Å²) in [6.07, 6.45) is 1.02. The molecule has 1 aliphatic rings. The molecule has 35 heavy (non-hydrogen) atoms. The normalized spacial score (nSPS) is 14.4. The summed E-state index contributed by atoms with van der Waals surface area (Å²) in [6, 6.07) is 12.9. The van der Waals surface area contributed by atoms with Crippen LogP contribution in [0.25, 0.3) is 0 Å². The van der Waals surface area contributed by atoms with E-state index in [1.807, 2.05) is 24.3 Å². The molecule has 1 heterocycles. The summed E-state index contributed by atoms with van der Waals surface area (Å²) in [5, 5.41) is 0. The van der Waals surface area contributed by atoms with E-state index in [1.165, 1.54) is 24.6 Å². The van der Waals surface area contributed by atoms with Gasteiger partial charge in [-0.15, -0.1) is 0 Å². The summed E-state index contributed by atoms with van der Waals surface area (Å²) >= 11 is 0. The van der Waals surface area contributed by atoms with Crippen LogP contribution in [0.3, 0.4) is 0 Å². The number of hydrazine groups is 1. The zero-order chi connectivity index (χ0) is 26.0. The summed E-state index contributed by atoms with van der Waals surface area (Å²) in [5.41, 5.74) is 6.38. The molecule has 1 unspecified atom stereocenters. The van der Waals surface area contributed by atoms with Gasteiger partial charge in [0.05, 0.1) is 11.1 Å². The number of nitrogens with zero attached hydrogens (tertiary/aromatic N) is 1. The van der Waals surface area contributed by atoms with Gasteiger partial charge in [-0.2, -0.15) is 0 Å². The number of nitrogens with one attached hydrogen (secondary N) is 2. The number of carbonyl (C=O) groups is 4. The Bertz CT molecular complexity index is 1100. The highest BCUT2D eigenvalue weighted by molar-refractivity contribution is 6.22. The van der Waals surface area contributed by atoms with E-state index in [9.17, 15) is 19.2 Å². The van der Waals surface area contributed by atoms with Crippen LogP contribution in [0.4, 0.5) is 0 Å².